The van der Waals surface area contributed by atoms with Gasteiger partial charge < -0.3 is 33.8 Å². The van der Waals surface area contributed by atoms with E-state index < -0.39 is 17.9 Å². The molecule has 0 aliphatic carbocycles. The Morgan fingerprint density at radius 3 is 1.53 bits per heavy atom. The van der Waals surface area contributed by atoms with Gasteiger partial charge in [-0.25, -0.2) is 14.4 Å². The lowest BCUT2D eigenvalue weighted by Crippen LogP contribution is -2.04. The van der Waals surface area contributed by atoms with Crippen LogP contribution in [0.4, 0.5) is 0 Å². The minimum Gasteiger partial charge on any atom is -0.493 e. The molecule has 0 aliphatic heterocycles. The van der Waals surface area contributed by atoms with Crippen molar-refractivity contribution in [2.24, 2.45) is 0 Å². The molecule has 12 nitrogen and oxygen atoms in total. The molecule has 12 heteroatoms. The third-order valence-corrected chi connectivity index (χ3v) is 8.17. The van der Waals surface area contributed by atoms with Gasteiger partial charge in [-0.1, -0.05) is 49.9 Å². The molecule has 0 saturated carbocycles. The van der Waals surface area contributed by atoms with E-state index in [1.807, 2.05) is 12.1 Å². The van der Waals surface area contributed by atoms with Crippen LogP contribution in [0.5, 0.6) is 23.0 Å². The highest BCUT2D eigenvalue weighted by molar-refractivity contribution is 5.89. The predicted molar refractivity (Wildman–Crippen MR) is 199 cm³/mol. The first-order valence-corrected chi connectivity index (χ1v) is 17.6. The van der Waals surface area contributed by atoms with E-state index in [1.54, 1.807) is 54.6 Å². The van der Waals surface area contributed by atoms with Gasteiger partial charge in [-0.3, -0.25) is 0 Å². The van der Waals surface area contributed by atoms with Crippen molar-refractivity contribution in [1.82, 2.24) is 0 Å². The van der Waals surface area contributed by atoms with E-state index in [2.05, 4.69) is 9.47 Å². The molecular weight excluding hydrogens is 684 g/mol. The van der Waals surface area contributed by atoms with E-state index >= 15 is 0 Å². The summed E-state index contributed by atoms with van der Waals surface area (Å²) in [4.78, 5) is 56.2. The van der Waals surface area contributed by atoms with Gasteiger partial charge in [-0.15, -0.1) is 0 Å². The fraction of sp³-hybridized carbons (Fsp3) is 0.390. The number of ether oxygens (including phenoxy) is 4. The third kappa shape index (κ3) is 15.4. The van der Waals surface area contributed by atoms with E-state index in [-0.39, 0.29) is 0 Å². The highest BCUT2D eigenvalue weighted by atomic mass is 17.2. The Balaban J connectivity index is 1.29. The molecule has 0 radical (unpaired) electrons. The lowest BCUT2D eigenvalue weighted by molar-refractivity contribution is -0.208. The largest absolute Gasteiger partial charge is 0.493 e. The number of aryl methyl sites for hydroxylation is 2. The maximum absolute atomic E-state index is 12.0. The zero-order valence-corrected chi connectivity index (χ0v) is 30.9. The zero-order valence-electron chi connectivity index (χ0n) is 30.9. The number of aromatic carboxylic acids is 1. The lowest BCUT2D eigenvalue weighted by atomic mass is 9.96. The number of unbranched alkanes of at least 4 members (excludes halogenated alkanes) is 6. The molecule has 0 heterocycles. The number of hydrogen-bond donors (Lipinski definition) is 1. The van der Waals surface area contributed by atoms with Crippen LogP contribution >= 0.6 is 0 Å². The van der Waals surface area contributed by atoms with Gasteiger partial charge in [0.1, 0.15) is 0 Å². The van der Waals surface area contributed by atoms with E-state index in [1.165, 1.54) is 40.6 Å². The van der Waals surface area contributed by atoms with E-state index in [9.17, 15) is 19.5 Å². The average Bonchev–Trinajstić information content (AvgIpc) is 3.18. The molecule has 3 aromatic rings. The summed E-state index contributed by atoms with van der Waals surface area (Å²) in [6.07, 6.45) is 14.5. The fourth-order valence-electron chi connectivity index (χ4n) is 5.26. The summed E-state index contributed by atoms with van der Waals surface area (Å²) < 4.78 is 19.9. The highest BCUT2D eigenvalue weighted by Crippen LogP contribution is 2.30. The van der Waals surface area contributed by atoms with Gasteiger partial charge in [-0.05, 0) is 103 Å². The molecule has 0 spiro atoms. The molecule has 3 aromatic carbocycles. The molecule has 286 valence electrons. The summed E-state index contributed by atoms with van der Waals surface area (Å²) in [6.45, 7) is 0.808. The molecule has 0 saturated heterocycles. The van der Waals surface area contributed by atoms with Crippen LogP contribution in [-0.2, 0) is 41.7 Å². The second-order valence-corrected chi connectivity index (χ2v) is 12.0. The molecule has 0 atom stereocenters. The number of carbonyl (C=O) groups excluding carboxylic acids is 2. The Morgan fingerprint density at radius 2 is 1.06 bits per heavy atom. The van der Waals surface area contributed by atoms with Crippen molar-refractivity contribution < 1.29 is 58.0 Å². The number of carboxylic acids is 1. The first kappa shape index (κ1) is 42.1. The Bertz CT molecular complexity index is 1660. The minimum atomic E-state index is -0.906. The molecule has 0 aromatic heterocycles. The van der Waals surface area contributed by atoms with Crippen molar-refractivity contribution in [3.05, 3.63) is 94.6 Å². The molecular formula is C41H50O12. The summed E-state index contributed by atoms with van der Waals surface area (Å²) in [5.74, 6) is 0.0153. The van der Waals surface area contributed by atoms with Gasteiger partial charge in [0, 0.05) is 12.2 Å². The fourth-order valence-corrected chi connectivity index (χ4v) is 5.26. The number of carboxylic acid groups (broad SMARTS) is 1. The van der Waals surface area contributed by atoms with Gasteiger partial charge in [0.05, 0.1) is 47.2 Å². The number of esters is 2. The predicted octanol–water partition coefficient (Wildman–Crippen LogP) is 8.00. The zero-order chi connectivity index (χ0) is 38.3. The average molecular weight is 735 g/mol. The van der Waals surface area contributed by atoms with Crippen LogP contribution < -0.4 is 19.2 Å². The van der Waals surface area contributed by atoms with Crippen molar-refractivity contribution in [3.63, 3.8) is 0 Å². The SMILES string of the molecule is COC(=O)C=Cc1ccc(OOCCCCCCc2ccc(CCCCCCOOc3ccc(C=CC(=O)OC)cc3OC)c(C(=O)O)c2)c(OC)c1. The molecule has 1 N–H and O–H groups in total. The molecule has 0 fully saturated rings. The molecule has 3 rings (SSSR count). The Morgan fingerprint density at radius 1 is 0.566 bits per heavy atom. The van der Waals surface area contributed by atoms with Crippen LogP contribution in [0.2, 0.25) is 0 Å². The van der Waals surface area contributed by atoms with Crippen molar-refractivity contribution in [3.8, 4) is 23.0 Å². The lowest BCUT2D eigenvalue weighted by Gasteiger charge is -2.11. The van der Waals surface area contributed by atoms with Crippen LogP contribution in [0.3, 0.4) is 0 Å². The summed E-state index contributed by atoms with van der Waals surface area (Å²) in [5, 5.41) is 9.86. The van der Waals surface area contributed by atoms with Crippen molar-refractivity contribution in [1.29, 1.82) is 0 Å². The van der Waals surface area contributed by atoms with Gasteiger partial charge in [-0.2, -0.15) is 9.78 Å². The van der Waals surface area contributed by atoms with Crippen LogP contribution in [0.1, 0.15) is 84.0 Å². The molecule has 0 unspecified atom stereocenters. The Hall–Kier alpha value is -5.33. The van der Waals surface area contributed by atoms with Crippen molar-refractivity contribution in [2.45, 2.75) is 64.2 Å². The molecule has 53 heavy (non-hydrogen) atoms. The van der Waals surface area contributed by atoms with E-state index in [0.717, 1.165) is 80.0 Å². The Labute approximate surface area is 311 Å². The first-order valence-electron chi connectivity index (χ1n) is 17.6. The second kappa shape index (κ2) is 24.0. The van der Waals surface area contributed by atoms with Crippen LogP contribution in [-0.4, -0.2) is 64.7 Å². The van der Waals surface area contributed by atoms with Crippen LogP contribution in [0, 0.1) is 0 Å². The Kier molecular flexibility index (Phi) is 19.1. The summed E-state index contributed by atoms with van der Waals surface area (Å²) >= 11 is 0. The van der Waals surface area contributed by atoms with Crippen molar-refractivity contribution >= 4 is 30.1 Å². The highest BCUT2D eigenvalue weighted by Gasteiger charge is 2.12. The molecule has 0 bridgehead atoms. The number of benzene rings is 3. The topological polar surface area (TPSA) is 145 Å². The third-order valence-electron chi connectivity index (χ3n) is 8.17. The molecule has 0 amide bonds. The second-order valence-electron chi connectivity index (χ2n) is 12.0. The summed E-state index contributed by atoms with van der Waals surface area (Å²) in [6, 6.07) is 16.2. The van der Waals surface area contributed by atoms with E-state index in [0.29, 0.717) is 48.2 Å². The first-order chi connectivity index (χ1) is 25.8. The van der Waals surface area contributed by atoms with Gasteiger partial charge in [0.25, 0.3) is 0 Å². The maximum atomic E-state index is 12.0. The maximum Gasteiger partial charge on any atom is 0.335 e. The number of rotatable bonds is 25. The number of methoxy groups -OCH3 is 4. The summed E-state index contributed by atoms with van der Waals surface area (Å²) in [5.41, 5.74) is 3.73. The quantitative estimate of drug-likeness (QED) is 0.0296. The monoisotopic (exact) mass is 734 g/mol. The molecule has 0 aliphatic rings. The summed E-state index contributed by atoms with van der Waals surface area (Å²) in [7, 11) is 5.69. The van der Waals surface area contributed by atoms with Crippen LogP contribution in [0.25, 0.3) is 12.2 Å². The number of carbonyl (C=O) groups is 3. The number of hydrogen-bond acceptors (Lipinski definition) is 11. The normalized spacial score (nSPS) is 11.1. The van der Waals surface area contributed by atoms with E-state index in [4.69, 9.17) is 29.0 Å². The van der Waals surface area contributed by atoms with Gasteiger partial charge in [0.2, 0.25) is 11.5 Å². The standard InChI is InChI=1S/C41H50O12/c1-46-37-28-31(18-23-39(42)48-3)16-21-35(37)52-50-25-11-7-5-9-13-30-15-20-33(34(27-30)41(44)45)14-10-6-8-12-26-51-53-36-22-17-32(29-38(36)47-2)19-24-40(43)49-4/h15-24,27-29H,5-14,25-26H2,1-4H3,(H,44,45). The van der Waals surface area contributed by atoms with Gasteiger partial charge >= 0.3 is 17.9 Å². The minimum absolute atomic E-state index is 0.369. The van der Waals surface area contributed by atoms with Crippen molar-refractivity contribution in [2.75, 3.05) is 41.7 Å². The van der Waals surface area contributed by atoms with Gasteiger partial charge in [0.15, 0.2) is 11.5 Å². The van der Waals surface area contributed by atoms with Crippen LogP contribution in [0.15, 0.2) is 66.7 Å². The smallest absolute Gasteiger partial charge is 0.335 e.